The normalized spacial score (nSPS) is 23.7. The third-order valence-corrected chi connectivity index (χ3v) is 3.62. The van der Waals surface area contributed by atoms with Crippen LogP contribution in [-0.4, -0.2) is 26.8 Å². The van der Waals surface area contributed by atoms with Crippen LogP contribution < -0.4 is 14.8 Å². The summed E-state index contributed by atoms with van der Waals surface area (Å²) in [6.07, 6.45) is 2.31. The molecule has 17 heavy (non-hydrogen) atoms. The Bertz CT molecular complexity index is 378. The molecular weight excluding hydrogens is 214 g/mol. The second kappa shape index (κ2) is 5.41. The molecule has 1 aromatic rings. The van der Waals surface area contributed by atoms with Gasteiger partial charge in [-0.05, 0) is 37.6 Å². The Kier molecular flexibility index (Phi) is 3.89. The van der Waals surface area contributed by atoms with Crippen molar-refractivity contribution in [2.24, 2.45) is 0 Å². The van der Waals surface area contributed by atoms with Crippen LogP contribution in [0.3, 0.4) is 0 Å². The Morgan fingerprint density at radius 3 is 2.76 bits per heavy atom. The summed E-state index contributed by atoms with van der Waals surface area (Å²) in [5.74, 6) is 2.41. The highest BCUT2D eigenvalue weighted by atomic mass is 16.5. The molecule has 0 bridgehead atoms. The van der Waals surface area contributed by atoms with Crippen LogP contribution >= 0.6 is 0 Å². The highest BCUT2D eigenvalue weighted by molar-refractivity contribution is 5.43. The maximum atomic E-state index is 5.47. The number of methoxy groups -OCH3 is 2. The van der Waals surface area contributed by atoms with Gasteiger partial charge in [-0.1, -0.05) is 6.92 Å². The van der Waals surface area contributed by atoms with E-state index in [4.69, 9.17) is 9.47 Å². The van der Waals surface area contributed by atoms with Gasteiger partial charge >= 0.3 is 0 Å². The highest BCUT2D eigenvalue weighted by Gasteiger charge is 2.29. The molecule has 1 N–H and O–H groups in total. The van der Waals surface area contributed by atoms with Gasteiger partial charge in [-0.25, -0.2) is 0 Å². The Morgan fingerprint density at radius 2 is 2.12 bits per heavy atom. The first-order valence-electron chi connectivity index (χ1n) is 6.25. The van der Waals surface area contributed by atoms with Crippen molar-refractivity contribution in [3.8, 4) is 11.5 Å². The molecule has 2 atom stereocenters. The molecule has 94 valence electrons. The van der Waals surface area contributed by atoms with Crippen molar-refractivity contribution in [2.75, 3.05) is 20.8 Å². The summed E-state index contributed by atoms with van der Waals surface area (Å²) in [7, 11) is 3.43. The molecule has 1 aliphatic heterocycles. The number of ether oxygens (including phenoxy) is 2. The van der Waals surface area contributed by atoms with Gasteiger partial charge < -0.3 is 14.8 Å². The summed E-state index contributed by atoms with van der Waals surface area (Å²) in [5.41, 5.74) is 1.27. The van der Waals surface area contributed by atoms with Crippen LogP contribution in [0, 0.1) is 0 Å². The zero-order chi connectivity index (χ0) is 12.3. The fraction of sp³-hybridized carbons (Fsp3) is 0.571. The number of rotatable bonds is 4. The van der Waals surface area contributed by atoms with E-state index in [9.17, 15) is 0 Å². The van der Waals surface area contributed by atoms with Crippen molar-refractivity contribution in [2.45, 2.75) is 31.7 Å². The van der Waals surface area contributed by atoms with E-state index in [1.807, 2.05) is 12.1 Å². The van der Waals surface area contributed by atoms with Crippen LogP contribution in [0.25, 0.3) is 0 Å². The predicted molar refractivity (Wildman–Crippen MR) is 69.0 cm³/mol. The largest absolute Gasteiger partial charge is 0.497 e. The molecule has 0 aliphatic carbocycles. The fourth-order valence-corrected chi connectivity index (χ4v) is 2.70. The van der Waals surface area contributed by atoms with E-state index in [0.717, 1.165) is 24.5 Å². The minimum Gasteiger partial charge on any atom is -0.497 e. The van der Waals surface area contributed by atoms with Gasteiger partial charge in [-0.2, -0.15) is 0 Å². The first-order chi connectivity index (χ1) is 8.30. The van der Waals surface area contributed by atoms with E-state index in [1.165, 1.54) is 12.0 Å². The topological polar surface area (TPSA) is 30.5 Å². The van der Waals surface area contributed by atoms with Gasteiger partial charge in [-0.3, -0.25) is 0 Å². The van der Waals surface area contributed by atoms with E-state index in [2.05, 4.69) is 18.3 Å². The van der Waals surface area contributed by atoms with E-state index in [0.29, 0.717) is 12.0 Å². The molecule has 0 spiro atoms. The SMILES string of the molecule is CCC1NCCC1c1cc(OC)ccc1OC. The van der Waals surface area contributed by atoms with Crippen LogP contribution in [0.4, 0.5) is 0 Å². The van der Waals surface area contributed by atoms with E-state index in [1.54, 1.807) is 14.2 Å². The Balaban J connectivity index is 2.34. The van der Waals surface area contributed by atoms with Crippen LogP contribution in [-0.2, 0) is 0 Å². The average Bonchev–Trinajstić information content (AvgIpc) is 2.86. The van der Waals surface area contributed by atoms with E-state index < -0.39 is 0 Å². The molecule has 2 rings (SSSR count). The minimum absolute atomic E-state index is 0.532. The van der Waals surface area contributed by atoms with Crippen LogP contribution in [0.5, 0.6) is 11.5 Å². The lowest BCUT2D eigenvalue weighted by Gasteiger charge is -2.21. The van der Waals surface area contributed by atoms with Crippen molar-refractivity contribution in [3.63, 3.8) is 0 Å². The zero-order valence-corrected chi connectivity index (χ0v) is 10.8. The molecule has 1 heterocycles. The molecule has 1 fully saturated rings. The third kappa shape index (κ3) is 2.39. The molecule has 1 saturated heterocycles. The van der Waals surface area contributed by atoms with Gasteiger partial charge in [0.15, 0.2) is 0 Å². The lowest BCUT2D eigenvalue weighted by Crippen LogP contribution is -2.24. The van der Waals surface area contributed by atoms with Crippen LogP contribution in [0.1, 0.15) is 31.2 Å². The molecule has 3 nitrogen and oxygen atoms in total. The monoisotopic (exact) mass is 235 g/mol. The average molecular weight is 235 g/mol. The summed E-state index contributed by atoms with van der Waals surface area (Å²) >= 11 is 0. The van der Waals surface area contributed by atoms with E-state index in [-0.39, 0.29) is 0 Å². The zero-order valence-electron chi connectivity index (χ0n) is 10.8. The van der Waals surface area contributed by atoms with E-state index >= 15 is 0 Å². The first-order valence-corrected chi connectivity index (χ1v) is 6.25. The van der Waals surface area contributed by atoms with Gasteiger partial charge in [0.1, 0.15) is 11.5 Å². The molecule has 1 aliphatic rings. The maximum Gasteiger partial charge on any atom is 0.122 e. The molecule has 2 unspecified atom stereocenters. The smallest absolute Gasteiger partial charge is 0.122 e. The number of benzene rings is 1. The quantitative estimate of drug-likeness (QED) is 0.870. The standard InChI is InChI=1S/C14H21NO2/c1-4-13-11(7-8-15-13)12-9-10(16-2)5-6-14(12)17-3/h5-6,9,11,13,15H,4,7-8H2,1-3H3. The molecule has 0 aromatic heterocycles. The molecular formula is C14H21NO2. The van der Waals surface area contributed by atoms with Gasteiger partial charge in [0.25, 0.3) is 0 Å². The van der Waals surface area contributed by atoms with Gasteiger partial charge in [0.2, 0.25) is 0 Å². The minimum atomic E-state index is 0.532. The number of hydrogen-bond acceptors (Lipinski definition) is 3. The lowest BCUT2D eigenvalue weighted by atomic mass is 9.90. The summed E-state index contributed by atoms with van der Waals surface area (Å²) in [4.78, 5) is 0. The molecule has 0 amide bonds. The third-order valence-electron chi connectivity index (χ3n) is 3.62. The fourth-order valence-electron chi connectivity index (χ4n) is 2.70. The maximum absolute atomic E-state index is 5.47. The van der Waals surface area contributed by atoms with Crippen molar-refractivity contribution in [1.29, 1.82) is 0 Å². The van der Waals surface area contributed by atoms with Crippen molar-refractivity contribution >= 4 is 0 Å². The number of hydrogen-bond donors (Lipinski definition) is 1. The molecule has 0 radical (unpaired) electrons. The van der Waals surface area contributed by atoms with Gasteiger partial charge in [0.05, 0.1) is 14.2 Å². The highest BCUT2D eigenvalue weighted by Crippen LogP contribution is 2.37. The van der Waals surface area contributed by atoms with Gasteiger partial charge in [0, 0.05) is 17.5 Å². The lowest BCUT2D eigenvalue weighted by molar-refractivity contribution is 0.391. The van der Waals surface area contributed by atoms with Crippen molar-refractivity contribution < 1.29 is 9.47 Å². The molecule has 1 aromatic carbocycles. The molecule has 0 saturated carbocycles. The Morgan fingerprint density at radius 1 is 1.29 bits per heavy atom. The summed E-state index contributed by atoms with van der Waals surface area (Å²) in [5, 5.41) is 3.55. The molecule has 3 heteroatoms. The van der Waals surface area contributed by atoms with Crippen molar-refractivity contribution in [1.82, 2.24) is 5.32 Å². The van der Waals surface area contributed by atoms with Crippen LogP contribution in [0.15, 0.2) is 18.2 Å². The Hall–Kier alpha value is -1.22. The Labute approximate surface area is 103 Å². The van der Waals surface area contributed by atoms with Crippen molar-refractivity contribution in [3.05, 3.63) is 23.8 Å². The summed E-state index contributed by atoms with van der Waals surface area (Å²) in [6.45, 7) is 3.31. The van der Waals surface area contributed by atoms with Crippen LogP contribution in [0.2, 0.25) is 0 Å². The second-order valence-electron chi connectivity index (χ2n) is 4.47. The second-order valence-corrected chi connectivity index (χ2v) is 4.47. The first kappa shape index (κ1) is 12.2. The predicted octanol–water partition coefficient (Wildman–Crippen LogP) is 2.56. The number of nitrogens with one attached hydrogen (secondary N) is 1. The summed E-state index contributed by atoms with van der Waals surface area (Å²) in [6, 6.07) is 6.61. The van der Waals surface area contributed by atoms with Gasteiger partial charge in [-0.15, -0.1) is 0 Å². The summed E-state index contributed by atoms with van der Waals surface area (Å²) < 4.78 is 10.8.